The largest absolute Gasteiger partial charge is 0.492 e. The van der Waals surface area contributed by atoms with Gasteiger partial charge >= 0.3 is 13.1 Å². The first-order valence-electron chi connectivity index (χ1n) is 6.55. The number of hydrogen-bond donors (Lipinski definition) is 2. The van der Waals surface area contributed by atoms with Crippen molar-refractivity contribution in [2.45, 2.75) is 12.5 Å². The third-order valence-electron chi connectivity index (χ3n) is 3.30. The van der Waals surface area contributed by atoms with E-state index in [0.717, 1.165) is 0 Å². The van der Waals surface area contributed by atoms with E-state index in [1.54, 1.807) is 18.2 Å². The zero-order chi connectivity index (χ0) is 14.8. The summed E-state index contributed by atoms with van der Waals surface area (Å²) in [5.74, 6) is 0.288. The molecule has 5 nitrogen and oxygen atoms in total. The van der Waals surface area contributed by atoms with E-state index in [1.165, 1.54) is 0 Å². The van der Waals surface area contributed by atoms with Crippen molar-refractivity contribution < 1.29 is 24.3 Å². The smallest absolute Gasteiger partial charge is 0.481 e. The Morgan fingerprint density at radius 1 is 1.19 bits per heavy atom. The van der Waals surface area contributed by atoms with Gasteiger partial charge in [0.15, 0.2) is 0 Å². The number of ether oxygens (including phenoxy) is 1. The number of aliphatic carboxylic acids is 1. The van der Waals surface area contributed by atoms with Crippen LogP contribution in [0.2, 0.25) is 0 Å². The second-order valence-electron chi connectivity index (χ2n) is 4.78. The summed E-state index contributed by atoms with van der Waals surface area (Å²) >= 11 is 0. The van der Waals surface area contributed by atoms with Gasteiger partial charge in [-0.2, -0.15) is 0 Å². The maximum atomic E-state index is 10.8. The summed E-state index contributed by atoms with van der Waals surface area (Å²) in [4.78, 5) is 10.8. The van der Waals surface area contributed by atoms with Gasteiger partial charge in [-0.25, -0.2) is 0 Å². The zero-order valence-corrected chi connectivity index (χ0v) is 11.1. The normalized spacial score (nSPS) is 16.6. The van der Waals surface area contributed by atoms with E-state index < -0.39 is 19.2 Å². The van der Waals surface area contributed by atoms with Crippen LogP contribution in [0.5, 0.6) is 11.5 Å². The van der Waals surface area contributed by atoms with Crippen LogP contribution in [-0.4, -0.2) is 23.2 Å². The van der Waals surface area contributed by atoms with Crippen molar-refractivity contribution in [3.8, 4) is 11.5 Å². The van der Waals surface area contributed by atoms with Gasteiger partial charge in [0.05, 0.1) is 12.5 Å². The van der Waals surface area contributed by atoms with Gasteiger partial charge in [0, 0.05) is 0 Å². The van der Waals surface area contributed by atoms with Crippen LogP contribution in [0.15, 0.2) is 48.5 Å². The standard InChI is InChI=1S/C15H13BO5/c17-15(18)9-14-12-7-6-11(8-13(12)16(19)21-14)20-10-4-2-1-3-5-10/h1-8,14,19H,9H2,(H,17,18)/t14-/m1/s1. The molecule has 0 aliphatic carbocycles. The molecule has 0 radical (unpaired) electrons. The van der Waals surface area contributed by atoms with Gasteiger partial charge in [0.1, 0.15) is 11.5 Å². The Morgan fingerprint density at radius 2 is 1.95 bits per heavy atom. The van der Waals surface area contributed by atoms with E-state index in [0.29, 0.717) is 22.5 Å². The van der Waals surface area contributed by atoms with E-state index in [1.807, 2.05) is 30.3 Å². The molecule has 0 saturated carbocycles. The van der Waals surface area contributed by atoms with Crippen molar-refractivity contribution in [3.05, 3.63) is 54.1 Å². The fourth-order valence-corrected chi connectivity index (χ4v) is 2.37. The van der Waals surface area contributed by atoms with E-state index in [2.05, 4.69) is 0 Å². The molecule has 6 heteroatoms. The predicted octanol–water partition coefficient (Wildman–Crippen LogP) is 1.71. The van der Waals surface area contributed by atoms with E-state index >= 15 is 0 Å². The van der Waals surface area contributed by atoms with Gasteiger partial charge in [0.2, 0.25) is 0 Å². The number of fused-ring (bicyclic) bond motifs is 1. The lowest BCUT2D eigenvalue weighted by Crippen LogP contribution is -2.28. The van der Waals surface area contributed by atoms with Gasteiger partial charge in [-0.05, 0) is 35.3 Å². The highest BCUT2D eigenvalue weighted by molar-refractivity contribution is 6.61. The van der Waals surface area contributed by atoms with Crippen LogP contribution >= 0.6 is 0 Å². The predicted molar refractivity (Wildman–Crippen MR) is 76.6 cm³/mol. The van der Waals surface area contributed by atoms with Crippen LogP contribution < -0.4 is 10.2 Å². The lowest BCUT2D eigenvalue weighted by molar-refractivity contribution is -0.138. The summed E-state index contributed by atoms with van der Waals surface area (Å²) in [5.41, 5.74) is 1.24. The maximum Gasteiger partial charge on any atom is 0.492 e. The van der Waals surface area contributed by atoms with Crippen LogP contribution in [0.25, 0.3) is 0 Å². The lowest BCUT2D eigenvalue weighted by Gasteiger charge is -2.10. The SMILES string of the molecule is O=C(O)C[C@H]1OB(O)c2cc(Oc3ccccc3)ccc21. The zero-order valence-electron chi connectivity index (χ0n) is 11.1. The minimum absolute atomic E-state index is 0.178. The van der Waals surface area contributed by atoms with Crippen molar-refractivity contribution in [2.75, 3.05) is 0 Å². The van der Waals surface area contributed by atoms with E-state index in [4.69, 9.17) is 14.5 Å². The molecular weight excluding hydrogens is 271 g/mol. The minimum Gasteiger partial charge on any atom is -0.481 e. The molecule has 0 fully saturated rings. The Labute approximate surface area is 121 Å². The third-order valence-corrected chi connectivity index (χ3v) is 3.30. The van der Waals surface area contributed by atoms with Crippen LogP contribution in [-0.2, 0) is 9.45 Å². The monoisotopic (exact) mass is 284 g/mol. The topological polar surface area (TPSA) is 76.0 Å². The van der Waals surface area contributed by atoms with Gasteiger partial charge in [-0.15, -0.1) is 0 Å². The molecule has 0 saturated heterocycles. The van der Waals surface area contributed by atoms with Crippen LogP contribution in [0.4, 0.5) is 0 Å². The van der Waals surface area contributed by atoms with E-state index in [-0.39, 0.29) is 6.42 Å². The molecule has 1 atom stereocenters. The summed E-state index contributed by atoms with van der Waals surface area (Å²) in [6.07, 6.45) is -0.804. The van der Waals surface area contributed by atoms with Crippen molar-refractivity contribution in [1.29, 1.82) is 0 Å². The van der Waals surface area contributed by atoms with Crippen LogP contribution in [0.3, 0.4) is 0 Å². The summed E-state index contributed by atoms with van der Waals surface area (Å²) in [5, 5.41) is 18.7. The number of rotatable bonds is 4. The molecule has 0 unspecified atom stereocenters. The molecule has 0 bridgehead atoms. The fourth-order valence-electron chi connectivity index (χ4n) is 2.37. The summed E-state index contributed by atoms with van der Waals surface area (Å²) in [6, 6.07) is 14.4. The Balaban J connectivity index is 1.85. The fraction of sp³-hybridized carbons (Fsp3) is 0.133. The minimum atomic E-state index is -1.12. The second kappa shape index (κ2) is 5.59. The molecule has 0 amide bonds. The first-order valence-corrected chi connectivity index (χ1v) is 6.55. The Bertz CT molecular complexity index is 658. The summed E-state index contributed by atoms with van der Waals surface area (Å²) in [6.45, 7) is 0. The molecule has 106 valence electrons. The van der Waals surface area contributed by atoms with Crippen LogP contribution in [0, 0.1) is 0 Å². The number of carboxylic acids is 1. The quantitative estimate of drug-likeness (QED) is 0.836. The lowest BCUT2D eigenvalue weighted by atomic mass is 9.79. The van der Waals surface area contributed by atoms with Crippen molar-refractivity contribution >= 4 is 18.6 Å². The Kier molecular flexibility index (Phi) is 3.64. The number of hydrogen-bond acceptors (Lipinski definition) is 4. The summed E-state index contributed by atoms with van der Waals surface area (Å²) < 4.78 is 11.0. The third kappa shape index (κ3) is 2.91. The Hall–Kier alpha value is -2.31. The highest BCUT2D eigenvalue weighted by Gasteiger charge is 2.36. The molecule has 2 aromatic carbocycles. The van der Waals surface area contributed by atoms with Crippen molar-refractivity contribution in [2.24, 2.45) is 0 Å². The average molecular weight is 284 g/mol. The highest BCUT2D eigenvalue weighted by atomic mass is 16.5. The molecule has 0 aromatic heterocycles. The maximum absolute atomic E-state index is 10.8. The number of carboxylic acid groups (broad SMARTS) is 1. The molecule has 1 aliphatic rings. The average Bonchev–Trinajstić information content (AvgIpc) is 2.75. The van der Waals surface area contributed by atoms with Crippen LogP contribution in [0.1, 0.15) is 18.1 Å². The number of para-hydroxylation sites is 1. The van der Waals surface area contributed by atoms with Crippen molar-refractivity contribution in [1.82, 2.24) is 0 Å². The molecule has 3 rings (SSSR count). The number of carbonyl (C=O) groups is 1. The molecule has 1 aliphatic heterocycles. The van der Waals surface area contributed by atoms with Gasteiger partial charge < -0.3 is 19.5 Å². The second-order valence-corrected chi connectivity index (χ2v) is 4.78. The summed E-state index contributed by atoms with van der Waals surface area (Å²) in [7, 11) is -1.12. The molecule has 1 heterocycles. The molecule has 0 spiro atoms. The van der Waals surface area contributed by atoms with Gasteiger partial charge in [0.25, 0.3) is 0 Å². The number of benzene rings is 2. The molecule has 21 heavy (non-hydrogen) atoms. The first kappa shape index (κ1) is 13.7. The Morgan fingerprint density at radius 3 is 2.67 bits per heavy atom. The highest BCUT2D eigenvalue weighted by Crippen LogP contribution is 2.30. The van der Waals surface area contributed by atoms with Crippen molar-refractivity contribution in [3.63, 3.8) is 0 Å². The van der Waals surface area contributed by atoms with E-state index in [9.17, 15) is 9.82 Å². The van der Waals surface area contributed by atoms with Gasteiger partial charge in [-0.1, -0.05) is 24.3 Å². The molecule has 2 aromatic rings. The van der Waals surface area contributed by atoms with Gasteiger partial charge in [-0.3, -0.25) is 4.79 Å². The molecular formula is C15H13BO5. The molecule has 2 N–H and O–H groups in total. The first-order chi connectivity index (χ1) is 10.1.